The summed E-state index contributed by atoms with van der Waals surface area (Å²) >= 11 is 0. The zero-order valence-electron chi connectivity index (χ0n) is 26.9. The number of fused-ring (bicyclic) bond motifs is 1. The molecule has 2 aromatic rings. The summed E-state index contributed by atoms with van der Waals surface area (Å²) in [6.45, 7) is 5.14. The summed E-state index contributed by atoms with van der Waals surface area (Å²) < 4.78 is 92.3. The maximum atomic E-state index is 14.2. The molecule has 0 aliphatic carbocycles. The number of anilines is 1. The van der Waals surface area contributed by atoms with Gasteiger partial charge < -0.3 is 24.4 Å². The Morgan fingerprint density at radius 2 is 1.83 bits per heavy atom. The Bertz CT molecular complexity index is 1460. The molecule has 47 heavy (non-hydrogen) atoms. The molecule has 0 fully saturated rings. The van der Waals surface area contributed by atoms with Gasteiger partial charge in [-0.3, -0.25) is 14.3 Å². The molecule has 10 nitrogen and oxygen atoms in total. The van der Waals surface area contributed by atoms with Gasteiger partial charge in [0.25, 0.3) is 15.9 Å². The molecule has 2 aromatic carbocycles. The Labute approximate surface area is 273 Å². The zero-order chi connectivity index (χ0) is 34.9. The van der Waals surface area contributed by atoms with E-state index < -0.39 is 71.3 Å². The quantitative estimate of drug-likeness (QED) is 0.346. The lowest BCUT2D eigenvalue weighted by Gasteiger charge is -2.36. The van der Waals surface area contributed by atoms with Crippen LogP contribution in [-0.2, 0) is 19.6 Å². The predicted octanol–water partition coefficient (Wildman–Crippen LogP) is 5.22. The van der Waals surface area contributed by atoms with E-state index in [1.165, 1.54) is 35.0 Å². The van der Waals surface area contributed by atoms with E-state index in [0.29, 0.717) is 25.9 Å². The number of sulfonamides is 1. The number of aliphatic hydroxyl groups excluding tert-OH is 1. The van der Waals surface area contributed by atoms with E-state index in [4.69, 9.17) is 9.47 Å². The van der Waals surface area contributed by atoms with E-state index in [0.717, 1.165) is 24.3 Å². The maximum absolute atomic E-state index is 14.2. The van der Waals surface area contributed by atoms with Crippen LogP contribution in [0.15, 0.2) is 47.4 Å². The van der Waals surface area contributed by atoms with Gasteiger partial charge in [-0.1, -0.05) is 6.92 Å². The summed E-state index contributed by atoms with van der Waals surface area (Å²) in [6.07, 6.45) is -5.50. The Morgan fingerprint density at radius 1 is 1.15 bits per heavy atom. The van der Waals surface area contributed by atoms with Crippen molar-refractivity contribution in [2.24, 2.45) is 5.92 Å². The Kier molecular flexibility index (Phi) is 13.4. The molecule has 1 aliphatic rings. The molecular weight excluding hydrogens is 646 g/mol. The first-order valence-electron chi connectivity index (χ1n) is 15.4. The second kappa shape index (κ2) is 16.6. The van der Waals surface area contributed by atoms with Gasteiger partial charge in [0.1, 0.15) is 11.6 Å². The summed E-state index contributed by atoms with van der Waals surface area (Å²) in [5, 5.41) is 10.1. The number of nitrogens with one attached hydrogen (secondary N) is 1. The number of ether oxygens (including phenoxy) is 2. The Hall–Kier alpha value is -3.43. The molecule has 1 heterocycles. The molecule has 262 valence electrons. The molecule has 1 aliphatic heterocycles. The predicted molar refractivity (Wildman–Crippen MR) is 167 cm³/mol. The zero-order valence-corrected chi connectivity index (χ0v) is 27.7. The lowest BCUT2D eigenvalue weighted by Crippen LogP contribution is -2.48. The average Bonchev–Trinajstić information content (AvgIpc) is 3.00. The number of halogens is 4. The summed E-state index contributed by atoms with van der Waals surface area (Å²) in [4.78, 5) is 29.1. The van der Waals surface area contributed by atoms with Crippen LogP contribution in [0.25, 0.3) is 0 Å². The second-order valence-electron chi connectivity index (χ2n) is 12.0. The van der Waals surface area contributed by atoms with Crippen molar-refractivity contribution in [3.63, 3.8) is 0 Å². The van der Waals surface area contributed by atoms with Crippen LogP contribution in [0.3, 0.4) is 0 Å². The lowest BCUT2D eigenvalue weighted by molar-refractivity contribution is -0.149. The molecule has 15 heteroatoms. The highest BCUT2D eigenvalue weighted by Gasteiger charge is 2.32. The minimum absolute atomic E-state index is 0.0151. The van der Waals surface area contributed by atoms with Gasteiger partial charge in [0.15, 0.2) is 0 Å². The topological polar surface area (TPSA) is 125 Å². The van der Waals surface area contributed by atoms with Crippen molar-refractivity contribution >= 4 is 27.5 Å². The fourth-order valence-corrected chi connectivity index (χ4v) is 6.14. The standard InChI is InChI=1S/C32H43F4N3O7S/c1-21-18-39(22(2)20-40)31(42)27-17-25(37-47(43,44)26-11-8-24(33)9-12-26)10-13-28(27)46-23(3)7-5-6-16-45-29(21)19-38(4)30(41)14-15-32(34,35)36/h8-13,17,21-23,29,37,40H,5-7,14-16,18-20H2,1-4H3/t21-,22+,23-,29+/m1/s1. The molecule has 0 aromatic heterocycles. The molecule has 4 atom stereocenters. The van der Waals surface area contributed by atoms with E-state index in [1.807, 2.05) is 6.92 Å². The van der Waals surface area contributed by atoms with Gasteiger partial charge in [-0.25, -0.2) is 12.8 Å². The number of likely N-dealkylation sites (N-methyl/N-ethyl adjacent to an activating group) is 1. The molecule has 3 rings (SSSR count). The van der Waals surface area contributed by atoms with E-state index in [1.54, 1.807) is 13.8 Å². The van der Waals surface area contributed by atoms with Gasteiger partial charge in [-0.15, -0.1) is 0 Å². The first-order valence-corrected chi connectivity index (χ1v) is 16.9. The molecule has 0 unspecified atom stereocenters. The van der Waals surface area contributed by atoms with Crippen molar-refractivity contribution in [2.75, 3.05) is 38.1 Å². The van der Waals surface area contributed by atoms with Crippen molar-refractivity contribution in [2.45, 2.75) is 82.2 Å². The summed E-state index contributed by atoms with van der Waals surface area (Å²) in [6, 6.07) is 7.79. The minimum atomic E-state index is -4.47. The van der Waals surface area contributed by atoms with Crippen molar-refractivity contribution in [1.29, 1.82) is 0 Å². The van der Waals surface area contributed by atoms with E-state index in [2.05, 4.69) is 4.72 Å². The van der Waals surface area contributed by atoms with Crippen LogP contribution in [0.1, 0.15) is 63.2 Å². The largest absolute Gasteiger partial charge is 0.490 e. The number of benzene rings is 2. The number of alkyl halides is 3. The SMILES string of the molecule is C[C@@H]1CCCCO[C@@H](CN(C)C(=O)CCC(F)(F)F)[C@H](C)CN([C@@H](C)CO)C(=O)c2cc(NS(=O)(=O)c3ccc(F)cc3)ccc2O1. The number of amides is 2. The van der Waals surface area contributed by atoms with Crippen molar-refractivity contribution in [3.05, 3.63) is 53.8 Å². The molecule has 2 N–H and O–H groups in total. The fourth-order valence-electron chi connectivity index (χ4n) is 5.09. The highest BCUT2D eigenvalue weighted by molar-refractivity contribution is 7.92. The van der Waals surface area contributed by atoms with Crippen LogP contribution in [0.4, 0.5) is 23.2 Å². The van der Waals surface area contributed by atoms with Gasteiger partial charge in [0, 0.05) is 44.8 Å². The van der Waals surface area contributed by atoms with Gasteiger partial charge in [0.05, 0.1) is 41.7 Å². The first-order chi connectivity index (χ1) is 22.0. The highest BCUT2D eigenvalue weighted by Crippen LogP contribution is 2.30. The molecule has 0 radical (unpaired) electrons. The molecule has 0 spiro atoms. The number of carbonyl (C=O) groups excluding carboxylic acids is 2. The van der Waals surface area contributed by atoms with Gasteiger partial charge in [-0.2, -0.15) is 13.2 Å². The monoisotopic (exact) mass is 689 g/mol. The molecule has 2 amide bonds. The Balaban J connectivity index is 1.95. The maximum Gasteiger partial charge on any atom is 0.389 e. The minimum Gasteiger partial charge on any atom is -0.490 e. The molecule has 0 saturated carbocycles. The summed E-state index contributed by atoms with van der Waals surface area (Å²) in [7, 11) is -2.74. The molecule has 0 saturated heterocycles. The number of carbonyl (C=O) groups is 2. The fraction of sp³-hybridized carbons (Fsp3) is 0.562. The average molecular weight is 690 g/mol. The van der Waals surface area contributed by atoms with Crippen LogP contribution in [0, 0.1) is 11.7 Å². The normalized spacial score (nSPS) is 20.8. The van der Waals surface area contributed by atoms with Crippen LogP contribution < -0.4 is 9.46 Å². The molecular formula is C32H43F4N3O7S. The Morgan fingerprint density at radius 3 is 2.47 bits per heavy atom. The molecule has 0 bridgehead atoms. The third-order valence-corrected chi connectivity index (χ3v) is 9.33. The third-order valence-electron chi connectivity index (χ3n) is 7.93. The third kappa shape index (κ3) is 11.4. The van der Waals surface area contributed by atoms with Crippen molar-refractivity contribution in [1.82, 2.24) is 9.80 Å². The summed E-state index contributed by atoms with van der Waals surface area (Å²) in [5.74, 6) is -2.11. The van der Waals surface area contributed by atoms with Gasteiger partial charge >= 0.3 is 6.18 Å². The number of hydrogen-bond donors (Lipinski definition) is 2. The van der Waals surface area contributed by atoms with E-state index in [-0.39, 0.29) is 41.1 Å². The highest BCUT2D eigenvalue weighted by atomic mass is 32.2. The van der Waals surface area contributed by atoms with Crippen LogP contribution in [0.2, 0.25) is 0 Å². The smallest absolute Gasteiger partial charge is 0.389 e. The van der Waals surface area contributed by atoms with Crippen LogP contribution in [-0.4, -0.2) is 92.9 Å². The van der Waals surface area contributed by atoms with E-state index >= 15 is 0 Å². The first kappa shape index (κ1) is 38.0. The second-order valence-corrected chi connectivity index (χ2v) is 13.6. The number of nitrogens with zero attached hydrogens (tertiary/aromatic N) is 2. The van der Waals surface area contributed by atoms with Crippen LogP contribution in [0.5, 0.6) is 5.75 Å². The van der Waals surface area contributed by atoms with Gasteiger partial charge in [-0.05, 0) is 75.6 Å². The van der Waals surface area contributed by atoms with Crippen LogP contribution >= 0.6 is 0 Å². The lowest BCUT2D eigenvalue weighted by atomic mass is 10.0. The van der Waals surface area contributed by atoms with Gasteiger partial charge in [0.2, 0.25) is 5.91 Å². The summed E-state index contributed by atoms with van der Waals surface area (Å²) in [5.41, 5.74) is 0.0706. The number of hydrogen-bond acceptors (Lipinski definition) is 7. The van der Waals surface area contributed by atoms with Crippen molar-refractivity contribution < 1.29 is 50.1 Å². The van der Waals surface area contributed by atoms with E-state index in [9.17, 15) is 40.7 Å². The number of rotatable bonds is 9. The number of aliphatic hydroxyl groups is 1. The van der Waals surface area contributed by atoms with Crippen molar-refractivity contribution in [3.8, 4) is 5.75 Å².